The maximum atomic E-state index is 12.4. The lowest BCUT2D eigenvalue weighted by molar-refractivity contribution is -0.394. The molecule has 0 N–H and O–H groups in total. The maximum absolute atomic E-state index is 12.4. The zero-order valence-corrected chi connectivity index (χ0v) is 17.2. The van der Waals surface area contributed by atoms with Crippen LogP contribution in [0.4, 0.5) is 11.4 Å². The van der Waals surface area contributed by atoms with Crippen LogP contribution in [0.1, 0.15) is 27.0 Å². The van der Waals surface area contributed by atoms with Gasteiger partial charge in [0.2, 0.25) is 0 Å². The summed E-state index contributed by atoms with van der Waals surface area (Å²) in [7, 11) is 1.42. The molecule has 0 aliphatic carbocycles. The van der Waals surface area contributed by atoms with Crippen molar-refractivity contribution in [3.8, 4) is 11.5 Å². The number of hydrogen-bond acceptors (Lipinski definition) is 7. The van der Waals surface area contributed by atoms with E-state index in [2.05, 4.69) is 0 Å². The molecule has 0 saturated heterocycles. The third-order valence-corrected chi connectivity index (χ3v) is 4.52. The number of rotatable bonds is 7. The van der Waals surface area contributed by atoms with Crippen LogP contribution < -0.4 is 9.47 Å². The molecule has 0 saturated carbocycles. The molecule has 0 heterocycles. The van der Waals surface area contributed by atoms with Gasteiger partial charge < -0.3 is 9.47 Å². The van der Waals surface area contributed by atoms with Crippen LogP contribution >= 0.6 is 0 Å². The van der Waals surface area contributed by atoms with E-state index in [0.717, 1.165) is 11.6 Å². The number of nitrogens with zero attached hydrogens (tertiary/aromatic N) is 2. The highest BCUT2D eigenvalue weighted by Gasteiger charge is 2.18. The Balaban J connectivity index is 1.85. The zero-order valence-electron chi connectivity index (χ0n) is 17.2. The van der Waals surface area contributed by atoms with Crippen LogP contribution in [0.3, 0.4) is 0 Å². The van der Waals surface area contributed by atoms with Crippen LogP contribution in [0.2, 0.25) is 0 Å². The second kappa shape index (κ2) is 9.52. The minimum atomic E-state index is -0.692. The lowest BCUT2D eigenvalue weighted by Gasteiger charge is -2.10. The fourth-order valence-corrected chi connectivity index (χ4v) is 2.93. The van der Waals surface area contributed by atoms with Crippen molar-refractivity contribution in [3.63, 3.8) is 0 Å². The number of ether oxygens (including phenoxy) is 2. The number of nitro groups is 2. The quantitative estimate of drug-likeness (QED) is 0.164. The Kier molecular flexibility index (Phi) is 6.59. The molecular formula is C23H18N2O7. The molecule has 3 rings (SSSR count). The summed E-state index contributed by atoms with van der Waals surface area (Å²) in [6.45, 7) is 1.87. The molecule has 0 spiro atoms. The van der Waals surface area contributed by atoms with Crippen LogP contribution in [0, 0.1) is 27.2 Å². The highest BCUT2D eigenvalue weighted by Crippen LogP contribution is 2.31. The van der Waals surface area contributed by atoms with E-state index in [4.69, 9.17) is 9.47 Å². The molecular weight excluding hydrogens is 416 g/mol. The molecule has 0 aromatic heterocycles. The minimum absolute atomic E-state index is 0.203. The number of aryl methyl sites for hydroxylation is 1. The third kappa shape index (κ3) is 5.14. The number of benzene rings is 3. The van der Waals surface area contributed by atoms with Gasteiger partial charge in [0.25, 0.3) is 11.4 Å². The molecule has 3 aromatic carbocycles. The Morgan fingerprint density at radius 2 is 1.69 bits per heavy atom. The van der Waals surface area contributed by atoms with Gasteiger partial charge in [-0.1, -0.05) is 29.8 Å². The summed E-state index contributed by atoms with van der Waals surface area (Å²) in [5.74, 6) is -0.0133. The number of methoxy groups -OCH3 is 1. The third-order valence-electron chi connectivity index (χ3n) is 4.52. The second-order valence-corrected chi connectivity index (χ2v) is 6.76. The molecule has 32 heavy (non-hydrogen) atoms. The van der Waals surface area contributed by atoms with Gasteiger partial charge in [0, 0.05) is 6.07 Å². The Bertz CT molecular complexity index is 1230. The number of non-ortho nitro benzene ring substituents is 1. The molecule has 0 fully saturated rings. The number of carbonyl (C=O) groups excluding carboxylic acids is 1. The molecule has 0 atom stereocenters. The van der Waals surface area contributed by atoms with Gasteiger partial charge in [-0.2, -0.15) is 0 Å². The summed E-state index contributed by atoms with van der Waals surface area (Å²) < 4.78 is 10.7. The number of hydrogen-bond donors (Lipinski definition) is 0. The average Bonchev–Trinajstić information content (AvgIpc) is 2.78. The second-order valence-electron chi connectivity index (χ2n) is 6.76. The van der Waals surface area contributed by atoms with Crippen LogP contribution in [-0.2, 0) is 0 Å². The zero-order chi connectivity index (χ0) is 23.3. The highest BCUT2D eigenvalue weighted by molar-refractivity contribution is 5.91. The Morgan fingerprint density at radius 3 is 2.34 bits per heavy atom. The first-order valence-corrected chi connectivity index (χ1v) is 9.36. The fourth-order valence-electron chi connectivity index (χ4n) is 2.93. The lowest BCUT2D eigenvalue weighted by atomic mass is 10.1. The van der Waals surface area contributed by atoms with E-state index in [1.807, 2.05) is 13.0 Å². The van der Waals surface area contributed by atoms with Crippen LogP contribution in [0.25, 0.3) is 12.2 Å². The van der Waals surface area contributed by atoms with Crippen molar-refractivity contribution in [1.29, 1.82) is 0 Å². The van der Waals surface area contributed by atoms with E-state index < -0.39 is 15.8 Å². The maximum Gasteiger partial charge on any atom is 0.343 e. The summed E-state index contributed by atoms with van der Waals surface area (Å²) in [4.78, 5) is 33.2. The first-order valence-electron chi connectivity index (χ1n) is 9.36. The topological polar surface area (TPSA) is 122 Å². The Morgan fingerprint density at radius 1 is 0.906 bits per heavy atom. The monoisotopic (exact) mass is 434 g/mol. The molecule has 0 amide bonds. The summed E-state index contributed by atoms with van der Waals surface area (Å²) >= 11 is 0. The largest absolute Gasteiger partial charge is 0.493 e. The highest BCUT2D eigenvalue weighted by atomic mass is 16.6. The summed E-state index contributed by atoms with van der Waals surface area (Å²) in [5.41, 5.74) is 1.40. The number of nitro benzene ring substituents is 2. The van der Waals surface area contributed by atoms with Crippen molar-refractivity contribution in [3.05, 3.63) is 103 Å². The fraction of sp³-hybridized carbons (Fsp3) is 0.0870. The summed E-state index contributed by atoms with van der Waals surface area (Å²) in [5, 5.41) is 22.1. The van der Waals surface area contributed by atoms with Crippen molar-refractivity contribution in [2.45, 2.75) is 6.92 Å². The van der Waals surface area contributed by atoms with Gasteiger partial charge in [0.05, 0.1) is 34.1 Å². The van der Waals surface area contributed by atoms with E-state index >= 15 is 0 Å². The van der Waals surface area contributed by atoms with E-state index in [1.54, 1.807) is 42.5 Å². The minimum Gasteiger partial charge on any atom is -0.493 e. The molecule has 0 unspecified atom stereocenters. The van der Waals surface area contributed by atoms with Crippen LogP contribution in [0.5, 0.6) is 11.5 Å². The molecule has 3 aromatic rings. The summed E-state index contributed by atoms with van der Waals surface area (Å²) in [6, 6.07) is 15.2. The van der Waals surface area contributed by atoms with Gasteiger partial charge in [0.15, 0.2) is 11.5 Å². The van der Waals surface area contributed by atoms with Gasteiger partial charge in [-0.3, -0.25) is 20.2 Å². The molecule has 0 radical (unpaired) electrons. The van der Waals surface area contributed by atoms with Gasteiger partial charge in [0.1, 0.15) is 0 Å². The van der Waals surface area contributed by atoms with Crippen molar-refractivity contribution >= 4 is 29.5 Å². The van der Waals surface area contributed by atoms with Crippen molar-refractivity contribution in [2.75, 3.05) is 7.11 Å². The van der Waals surface area contributed by atoms with E-state index in [0.29, 0.717) is 16.9 Å². The van der Waals surface area contributed by atoms with Gasteiger partial charge in [-0.25, -0.2) is 4.79 Å². The van der Waals surface area contributed by atoms with Crippen molar-refractivity contribution < 1.29 is 24.1 Å². The van der Waals surface area contributed by atoms with Gasteiger partial charge in [-0.05, 0) is 48.9 Å². The smallest absolute Gasteiger partial charge is 0.343 e. The Hall–Kier alpha value is -4.53. The SMILES string of the molecule is COc1cc(/C=C/c2ccc([N+](=O)[O-])cc2[N+](=O)[O-])ccc1OC(=O)c1cccc(C)c1. The summed E-state index contributed by atoms with van der Waals surface area (Å²) in [6.07, 6.45) is 3.05. The molecule has 9 nitrogen and oxygen atoms in total. The van der Waals surface area contributed by atoms with E-state index in [9.17, 15) is 25.0 Å². The van der Waals surface area contributed by atoms with Gasteiger partial charge >= 0.3 is 5.97 Å². The number of esters is 1. The van der Waals surface area contributed by atoms with Crippen molar-refractivity contribution in [2.24, 2.45) is 0 Å². The standard InChI is InChI=1S/C23H18N2O7/c1-15-4-3-5-18(12-15)23(26)32-21-11-7-16(13-22(21)31-2)6-8-17-9-10-19(24(27)28)14-20(17)25(29)30/h3-14H,1-2H3/b8-6+. The first-order chi connectivity index (χ1) is 15.3. The van der Waals surface area contributed by atoms with Crippen LogP contribution in [-0.4, -0.2) is 22.9 Å². The molecule has 0 bridgehead atoms. The molecule has 0 aliphatic rings. The lowest BCUT2D eigenvalue weighted by Crippen LogP contribution is -2.09. The Labute approximate surface area is 182 Å². The average molecular weight is 434 g/mol. The van der Waals surface area contributed by atoms with Crippen molar-refractivity contribution in [1.82, 2.24) is 0 Å². The normalized spacial score (nSPS) is 10.7. The number of carbonyl (C=O) groups is 1. The predicted molar refractivity (Wildman–Crippen MR) is 118 cm³/mol. The molecule has 162 valence electrons. The van der Waals surface area contributed by atoms with E-state index in [1.165, 1.54) is 25.3 Å². The predicted octanol–water partition coefficient (Wildman–Crippen LogP) is 5.21. The van der Waals surface area contributed by atoms with E-state index in [-0.39, 0.29) is 22.7 Å². The van der Waals surface area contributed by atoms with Crippen LogP contribution in [0.15, 0.2) is 60.7 Å². The van der Waals surface area contributed by atoms with Gasteiger partial charge in [-0.15, -0.1) is 0 Å². The molecule has 9 heteroatoms. The first kappa shape index (κ1) is 22.2. The molecule has 0 aliphatic heterocycles.